The van der Waals surface area contributed by atoms with E-state index < -0.39 is 35.5 Å². The fourth-order valence-corrected chi connectivity index (χ4v) is 2.44. The second kappa shape index (κ2) is 5.82. The predicted molar refractivity (Wildman–Crippen MR) is 72.6 cm³/mol. The lowest BCUT2D eigenvalue weighted by Gasteiger charge is -2.25. The van der Waals surface area contributed by atoms with Gasteiger partial charge in [0.15, 0.2) is 5.96 Å². The van der Waals surface area contributed by atoms with Gasteiger partial charge in [-0.2, -0.15) is 18.2 Å². The Kier molecular flexibility index (Phi) is 4.25. The zero-order valence-corrected chi connectivity index (χ0v) is 11.4. The van der Waals surface area contributed by atoms with E-state index in [0.717, 1.165) is 12.1 Å². The molecule has 1 saturated heterocycles. The van der Waals surface area contributed by atoms with Gasteiger partial charge in [-0.3, -0.25) is 4.79 Å². The number of nitrogens with two attached hydrogens (primary N) is 2. The molecule has 0 bridgehead atoms. The Bertz CT molecular complexity index is 611. The van der Waals surface area contributed by atoms with Crippen molar-refractivity contribution in [2.24, 2.45) is 16.5 Å². The monoisotopic (exact) mass is 318 g/mol. The molecule has 1 aromatic carbocycles. The predicted octanol–water partition coefficient (Wildman–Crippen LogP) is 1.61. The highest BCUT2D eigenvalue weighted by Gasteiger charge is 2.35. The van der Waals surface area contributed by atoms with Crippen LogP contribution in [0.2, 0.25) is 0 Å². The van der Waals surface area contributed by atoms with Crippen molar-refractivity contribution in [1.29, 1.82) is 0 Å². The summed E-state index contributed by atoms with van der Waals surface area (Å²) in [7, 11) is 0. The standard InChI is InChI=1S/C13H14F4N4O/c14-8-4-7(13(15,16)17)5-9(6-8)21-3-1-2-10(21)11(22)20-12(18)19/h4-6,10H,1-3H2,(H4,18,19,20,22). The van der Waals surface area contributed by atoms with Crippen molar-refractivity contribution < 1.29 is 22.4 Å². The molecule has 0 radical (unpaired) electrons. The van der Waals surface area contributed by atoms with E-state index in [-0.39, 0.29) is 5.69 Å². The molecule has 1 heterocycles. The van der Waals surface area contributed by atoms with Crippen molar-refractivity contribution in [1.82, 2.24) is 0 Å². The molecule has 1 fully saturated rings. The molecule has 9 heteroatoms. The van der Waals surface area contributed by atoms with Crippen LogP contribution in [0.4, 0.5) is 23.2 Å². The number of carbonyl (C=O) groups excluding carboxylic acids is 1. The highest BCUT2D eigenvalue weighted by molar-refractivity contribution is 5.96. The van der Waals surface area contributed by atoms with Gasteiger partial charge in [-0.25, -0.2) is 4.39 Å². The van der Waals surface area contributed by atoms with Crippen LogP contribution in [0.25, 0.3) is 0 Å². The number of rotatable bonds is 2. The summed E-state index contributed by atoms with van der Waals surface area (Å²) in [5, 5.41) is 0. The molecule has 22 heavy (non-hydrogen) atoms. The molecule has 4 N–H and O–H groups in total. The third-order valence-corrected chi connectivity index (χ3v) is 3.32. The second-order valence-electron chi connectivity index (χ2n) is 4.92. The highest BCUT2D eigenvalue weighted by Crippen LogP contribution is 2.34. The molecule has 1 amide bonds. The van der Waals surface area contributed by atoms with Crippen LogP contribution >= 0.6 is 0 Å². The lowest BCUT2D eigenvalue weighted by Crippen LogP contribution is -2.37. The van der Waals surface area contributed by atoms with Crippen molar-refractivity contribution in [3.8, 4) is 0 Å². The van der Waals surface area contributed by atoms with Crippen molar-refractivity contribution >= 4 is 17.6 Å². The van der Waals surface area contributed by atoms with Gasteiger partial charge in [0, 0.05) is 12.2 Å². The number of amides is 1. The molecule has 1 unspecified atom stereocenters. The van der Waals surface area contributed by atoms with E-state index in [1.54, 1.807) is 0 Å². The number of anilines is 1. The Balaban J connectivity index is 2.36. The molecule has 0 aliphatic carbocycles. The molecular weight excluding hydrogens is 304 g/mol. The van der Waals surface area contributed by atoms with Crippen molar-refractivity contribution in [2.75, 3.05) is 11.4 Å². The summed E-state index contributed by atoms with van der Waals surface area (Å²) in [6.07, 6.45) is -3.72. The maximum atomic E-state index is 13.5. The molecule has 1 atom stereocenters. The molecule has 5 nitrogen and oxygen atoms in total. The summed E-state index contributed by atoms with van der Waals surface area (Å²) in [6, 6.07) is 1.37. The molecule has 1 aliphatic heterocycles. The third-order valence-electron chi connectivity index (χ3n) is 3.32. The van der Waals surface area contributed by atoms with E-state index in [4.69, 9.17) is 11.5 Å². The van der Waals surface area contributed by atoms with Gasteiger partial charge in [0.1, 0.15) is 11.9 Å². The van der Waals surface area contributed by atoms with Crippen LogP contribution in [0.5, 0.6) is 0 Å². The Morgan fingerprint density at radius 1 is 1.27 bits per heavy atom. The first kappa shape index (κ1) is 16.1. The zero-order chi connectivity index (χ0) is 16.5. The Hall–Kier alpha value is -2.32. The van der Waals surface area contributed by atoms with E-state index in [9.17, 15) is 22.4 Å². The van der Waals surface area contributed by atoms with E-state index in [1.165, 1.54) is 4.90 Å². The fourth-order valence-electron chi connectivity index (χ4n) is 2.44. The first-order valence-corrected chi connectivity index (χ1v) is 6.46. The summed E-state index contributed by atoms with van der Waals surface area (Å²) in [6.45, 7) is 0.317. The first-order chi connectivity index (χ1) is 10.2. The normalized spacial score (nSPS) is 18.4. The van der Waals surface area contributed by atoms with Gasteiger partial charge in [-0.15, -0.1) is 0 Å². The minimum absolute atomic E-state index is 0.0195. The molecule has 2 rings (SSSR count). The summed E-state index contributed by atoms with van der Waals surface area (Å²) >= 11 is 0. The smallest absolute Gasteiger partial charge is 0.370 e. The van der Waals surface area contributed by atoms with Crippen LogP contribution in [-0.2, 0) is 11.0 Å². The number of hydrogen-bond acceptors (Lipinski definition) is 2. The average Bonchev–Trinajstić information content (AvgIpc) is 2.85. The maximum Gasteiger partial charge on any atom is 0.416 e. The highest BCUT2D eigenvalue weighted by atomic mass is 19.4. The first-order valence-electron chi connectivity index (χ1n) is 6.46. The lowest BCUT2D eigenvalue weighted by molar-refractivity contribution is -0.137. The molecule has 1 aromatic rings. The molecule has 0 spiro atoms. The number of nitrogens with zero attached hydrogens (tertiary/aromatic N) is 2. The largest absolute Gasteiger partial charge is 0.416 e. The molecular formula is C13H14F4N4O. The molecule has 0 saturated carbocycles. The Morgan fingerprint density at radius 3 is 2.55 bits per heavy atom. The number of aliphatic imine (C=N–C) groups is 1. The van der Waals surface area contributed by atoms with Gasteiger partial charge in [0.25, 0.3) is 5.91 Å². The summed E-state index contributed by atoms with van der Waals surface area (Å²) in [5.41, 5.74) is 9.13. The van der Waals surface area contributed by atoms with Crippen molar-refractivity contribution in [3.05, 3.63) is 29.6 Å². The number of alkyl halides is 3. The third kappa shape index (κ3) is 3.46. The Labute approximate surface area is 123 Å². The van der Waals surface area contributed by atoms with Crippen LogP contribution in [-0.4, -0.2) is 24.5 Å². The van der Waals surface area contributed by atoms with Crippen LogP contribution in [0, 0.1) is 5.82 Å². The number of guanidine groups is 1. The van der Waals surface area contributed by atoms with E-state index in [0.29, 0.717) is 25.5 Å². The van der Waals surface area contributed by atoms with Crippen LogP contribution in [0.3, 0.4) is 0 Å². The number of benzene rings is 1. The van der Waals surface area contributed by atoms with Gasteiger partial charge in [0.2, 0.25) is 0 Å². The number of hydrogen-bond donors (Lipinski definition) is 2. The van der Waals surface area contributed by atoms with Gasteiger partial charge in [0.05, 0.1) is 5.56 Å². The molecule has 120 valence electrons. The van der Waals surface area contributed by atoms with Gasteiger partial charge >= 0.3 is 6.18 Å². The van der Waals surface area contributed by atoms with E-state index in [2.05, 4.69) is 4.99 Å². The molecule has 0 aromatic heterocycles. The van der Waals surface area contributed by atoms with E-state index >= 15 is 0 Å². The quantitative estimate of drug-likeness (QED) is 0.493. The number of halogens is 4. The van der Waals surface area contributed by atoms with Crippen LogP contribution in [0.1, 0.15) is 18.4 Å². The summed E-state index contributed by atoms with van der Waals surface area (Å²) < 4.78 is 51.7. The lowest BCUT2D eigenvalue weighted by atomic mass is 10.1. The van der Waals surface area contributed by atoms with Gasteiger partial charge in [-0.1, -0.05) is 0 Å². The second-order valence-corrected chi connectivity index (χ2v) is 4.92. The fraction of sp³-hybridized carbons (Fsp3) is 0.385. The Morgan fingerprint density at radius 2 is 1.95 bits per heavy atom. The summed E-state index contributed by atoms with van der Waals surface area (Å²) in [4.78, 5) is 16.7. The van der Waals surface area contributed by atoms with Gasteiger partial charge in [-0.05, 0) is 31.0 Å². The molecule has 1 aliphatic rings. The minimum atomic E-state index is -4.67. The minimum Gasteiger partial charge on any atom is -0.370 e. The van der Waals surface area contributed by atoms with Crippen LogP contribution in [0.15, 0.2) is 23.2 Å². The van der Waals surface area contributed by atoms with Gasteiger partial charge < -0.3 is 16.4 Å². The SMILES string of the molecule is NC(N)=NC(=O)C1CCCN1c1cc(F)cc(C(F)(F)F)c1. The topological polar surface area (TPSA) is 84.7 Å². The maximum absolute atomic E-state index is 13.5. The average molecular weight is 318 g/mol. The zero-order valence-electron chi connectivity index (χ0n) is 11.4. The van der Waals surface area contributed by atoms with Crippen LogP contribution < -0.4 is 16.4 Å². The van der Waals surface area contributed by atoms with E-state index in [1.807, 2.05) is 0 Å². The number of carbonyl (C=O) groups is 1. The summed E-state index contributed by atoms with van der Waals surface area (Å²) in [5.74, 6) is -2.10. The van der Waals surface area contributed by atoms with Crippen molar-refractivity contribution in [2.45, 2.75) is 25.1 Å². The van der Waals surface area contributed by atoms with Crippen molar-refractivity contribution in [3.63, 3.8) is 0 Å².